The number of likely N-dealkylation sites (tertiary alicyclic amines) is 1. The quantitative estimate of drug-likeness (QED) is 0.902. The number of amides is 1. The lowest BCUT2D eigenvalue weighted by atomic mass is 10.0. The molecule has 0 bridgehead atoms. The van der Waals surface area contributed by atoms with E-state index in [4.69, 9.17) is 0 Å². The van der Waals surface area contributed by atoms with Gasteiger partial charge in [-0.1, -0.05) is 0 Å². The summed E-state index contributed by atoms with van der Waals surface area (Å²) in [5, 5.41) is 0.874. The summed E-state index contributed by atoms with van der Waals surface area (Å²) in [6.45, 7) is 4.67. The van der Waals surface area contributed by atoms with Gasteiger partial charge in [0.25, 0.3) is 5.91 Å². The minimum atomic E-state index is -3.24. The van der Waals surface area contributed by atoms with Crippen LogP contribution in [0.15, 0.2) is 0 Å². The van der Waals surface area contributed by atoms with Gasteiger partial charge in [0, 0.05) is 19.1 Å². The number of sulfonamides is 1. The molecule has 0 radical (unpaired) electrons. The Labute approximate surface area is 129 Å². The number of hydrogen-bond donors (Lipinski definition) is 1. The maximum atomic E-state index is 12.7. The van der Waals surface area contributed by atoms with Gasteiger partial charge >= 0.3 is 0 Å². The third-order valence-electron chi connectivity index (χ3n) is 3.57. The van der Waals surface area contributed by atoms with Crippen molar-refractivity contribution >= 4 is 27.3 Å². The van der Waals surface area contributed by atoms with Crippen LogP contribution in [0.1, 0.15) is 39.6 Å². The fourth-order valence-electron chi connectivity index (χ4n) is 2.59. The van der Waals surface area contributed by atoms with Gasteiger partial charge in [0.2, 0.25) is 10.0 Å². The first-order chi connectivity index (χ1) is 9.78. The van der Waals surface area contributed by atoms with E-state index >= 15 is 0 Å². The molecule has 1 saturated heterocycles. The van der Waals surface area contributed by atoms with Crippen LogP contribution in [0.2, 0.25) is 0 Å². The molecule has 0 unspecified atom stereocenters. The van der Waals surface area contributed by atoms with Gasteiger partial charge in [0.1, 0.15) is 4.88 Å². The summed E-state index contributed by atoms with van der Waals surface area (Å²) in [7, 11) is -3.24. The van der Waals surface area contributed by atoms with E-state index in [0.29, 0.717) is 11.4 Å². The Bertz CT molecular complexity index is 625. The van der Waals surface area contributed by atoms with Crippen molar-refractivity contribution in [1.29, 1.82) is 0 Å². The van der Waals surface area contributed by atoms with E-state index in [0.717, 1.165) is 36.2 Å². The fraction of sp³-hybridized carbons (Fsp3) is 0.692. The first-order valence-corrected chi connectivity index (χ1v) is 9.68. The second kappa shape index (κ2) is 6.41. The van der Waals surface area contributed by atoms with Crippen molar-refractivity contribution in [2.75, 3.05) is 19.3 Å². The van der Waals surface area contributed by atoms with Gasteiger partial charge in [-0.3, -0.25) is 4.79 Å². The molecular formula is C13H21N3O3S2. The molecule has 1 aromatic heterocycles. The van der Waals surface area contributed by atoms with E-state index in [1.807, 2.05) is 13.8 Å². The first-order valence-electron chi connectivity index (χ1n) is 6.97. The molecule has 1 fully saturated rings. The molecule has 0 aromatic carbocycles. The molecule has 2 heterocycles. The largest absolute Gasteiger partial charge is 0.334 e. The maximum Gasteiger partial charge on any atom is 0.266 e. The van der Waals surface area contributed by atoms with Crippen molar-refractivity contribution in [3.8, 4) is 0 Å². The average Bonchev–Trinajstić information content (AvgIpc) is 2.74. The predicted molar refractivity (Wildman–Crippen MR) is 83.1 cm³/mol. The Morgan fingerprint density at radius 2 is 2.14 bits per heavy atom. The lowest BCUT2D eigenvalue weighted by Gasteiger charge is -2.35. The van der Waals surface area contributed by atoms with Gasteiger partial charge in [-0.2, -0.15) is 0 Å². The predicted octanol–water partition coefficient (Wildman–Crippen LogP) is 1.30. The van der Waals surface area contributed by atoms with Crippen LogP contribution in [-0.4, -0.2) is 49.6 Å². The van der Waals surface area contributed by atoms with Gasteiger partial charge in [0.15, 0.2) is 0 Å². The number of nitrogens with one attached hydrogen (secondary N) is 1. The Hall–Kier alpha value is -0.990. The third-order valence-corrected chi connectivity index (χ3v) is 5.32. The summed E-state index contributed by atoms with van der Waals surface area (Å²) in [6, 6.07) is -0.0808. The topological polar surface area (TPSA) is 79.4 Å². The Balaban J connectivity index is 2.14. The number of aromatic nitrogens is 1. The highest BCUT2D eigenvalue weighted by Crippen LogP contribution is 2.24. The van der Waals surface area contributed by atoms with Gasteiger partial charge in [0.05, 0.1) is 17.0 Å². The molecule has 1 amide bonds. The highest BCUT2D eigenvalue weighted by Gasteiger charge is 2.30. The summed E-state index contributed by atoms with van der Waals surface area (Å²) < 4.78 is 25.0. The maximum absolute atomic E-state index is 12.7. The molecule has 1 atom stereocenters. The fourth-order valence-corrected chi connectivity index (χ4v) is 3.96. The second-order valence-electron chi connectivity index (χ2n) is 5.42. The van der Waals surface area contributed by atoms with Crippen molar-refractivity contribution in [3.63, 3.8) is 0 Å². The van der Waals surface area contributed by atoms with E-state index in [1.54, 1.807) is 4.90 Å². The number of rotatable bonds is 4. The van der Waals surface area contributed by atoms with Crippen molar-refractivity contribution in [2.45, 2.75) is 39.2 Å². The Morgan fingerprint density at radius 1 is 1.43 bits per heavy atom. The molecule has 1 N–H and O–H groups in total. The molecule has 0 spiro atoms. The number of nitrogens with zero attached hydrogens (tertiary/aromatic N) is 2. The summed E-state index contributed by atoms with van der Waals surface area (Å²) in [5.74, 6) is -0.0295. The van der Waals surface area contributed by atoms with Crippen LogP contribution in [0, 0.1) is 13.8 Å². The van der Waals surface area contributed by atoms with Crippen molar-refractivity contribution in [1.82, 2.24) is 14.6 Å². The van der Waals surface area contributed by atoms with Crippen molar-refractivity contribution in [3.05, 3.63) is 15.6 Å². The van der Waals surface area contributed by atoms with Crippen LogP contribution < -0.4 is 4.72 Å². The molecular weight excluding hydrogens is 310 g/mol. The molecule has 6 nitrogen and oxygen atoms in total. The highest BCUT2D eigenvalue weighted by molar-refractivity contribution is 7.88. The van der Waals surface area contributed by atoms with Crippen molar-refractivity contribution < 1.29 is 13.2 Å². The van der Waals surface area contributed by atoms with E-state index in [-0.39, 0.29) is 18.5 Å². The molecule has 1 aliphatic heterocycles. The number of carbonyl (C=O) groups is 1. The number of piperidine rings is 1. The zero-order chi connectivity index (χ0) is 15.6. The third kappa shape index (κ3) is 4.24. The van der Waals surface area contributed by atoms with E-state index in [2.05, 4.69) is 9.71 Å². The monoisotopic (exact) mass is 331 g/mol. The van der Waals surface area contributed by atoms with Crippen molar-refractivity contribution in [2.24, 2.45) is 0 Å². The number of thiazole rings is 1. The second-order valence-corrected chi connectivity index (χ2v) is 8.45. The lowest BCUT2D eigenvalue weighted by molar-refractivity contribution is 0.0623. The molecule has 21 heavy (non-hydrogen) atoms. The van der Waals surface area contributed by atoms with Gasteiger partial charge < -0.3 is 4.90 Å². The smallest absolute Gasteiger partial charge is 0.266 e. The molecule has 118 valence electrons. The van der Waals surface area contributed by atoms with E-state index in [1.165, 1.54) is 11.3 Å². The normalized spacial score (nSPS) is 19.8. The summed E-state index contributed by atoms with van der Waals surface area (Å²) >= 11 is 1.40. The highest BCUT2D eigenvalue weighted by atomic mass is 32.2. The molecule has 2 rings (SSSR count). The van der Waals surface area contributed by atoms with Crippen LogP contribution in [-0.2, 0) is 10.0 Å². The SMILES string of the molecule is Cc1nc(C)c(C(=O)N2CCCC[C@H]2CNS(C)(=O)=O)s1. The Kier molecular flexibility index (Phi) is 5.00. The van der Waals surface area contributed by atoms with Crippen LogP contribution in [0.4, 0.5) is 0 Å². The summed E-state index contributed by atoms with van der Waals surface area (Å²) in [4.78, 5) is 19.4. The Morgan fingerprint density at radius 3 is 2.71 bits per heavy atom. The van der Waals surface area contributed by atoms with Crippen LogP contribution >= 0.6 is 11.3 Å². The molecule has 0 saturated carbocycles. The van der Waals surface area contributed by atoms with Gasteiger partial charge in [-0.05, 0) is 33.1 Å². The minimum absolute atomic E-state index is 0.0295. The van der Waals surface area contributed by atoms with Gasteiger partial charge in [-0.25, -0.2) is 18.1 Å². The zero-order valence-electron chi connectivity index (χ0n) is 12.5. The number of aryl methyl sites for hydroxylation is 2. The number of hydrogen-bond acceptors (Lipinski definition) is 5. The minimum Gasteiger partial charge on any atom is -0.334 e. The summed E-state index contributed by atoms with van der Waals surface area (Å²) in [5.41, 5.74) is 0.753. The van der Waals surface area contributed by atoms with Crippen LogP contribution in [0.5, 0.6) is 0 Å². The molecule has 8 heteroatoms. The number of carbonyl (C=O) groups excluding carboxylic acids is 1. The lowest BCUT2D eigenvalue weighted by Crippen LogP contribution is -2.49. The zero-order valence-corrected chi connectivity index (χ0v) is 14.2. The molecule has 1 aromatic rings. The van der Waals surface area contributed by atoms with Gasteiger partial charge in [-0.15, -0.1) is 11.3 Å². The first kappa shape index (κ1) is 16.4. The molecule has 0 aliphatic carbocycles. The van der Waals surface area contributed by atoms with E-state index in [9.17, 15) is 13.2 Å². The average molecular weight is 331 g/mol. The van der Waals surface area contributed by atoms with Crippen LogP contribution in [0.25, 0.3) is 0 Å². The molecule has 1 aliphatic rings. The summed E-state index contributed by atoms with van der Waals surface area (Å²) in [6.07, 6.45) is 3.93. The van der Waals surface area contributed by atoms with E-state index < -0.39 is 10.0 Å². The standard InChI is InChI=1S/C13H21N3O3S2/c1-9-12(20-10(2)15-9)13(17)16-7-5-4-6-11(16)8-14-21(3,18)19/h11,14H,4-8H2,1-3H3/t11-/m0/s1. The van der Waals surface area contributed by atoms with Crippen LogP contribution in [0.3, 0.4) is 0 Å².